The summed E-state index contributed by atoms with van der Waals surface area (Å²) in [6.45, 7) is 9.41. The van der Waals surface area contributed by atoms with Gasteiger partial charge >= 0.3 is 0 Å². The lowest BCUT2D eigenvalue weighted by molar-refractivity contribution is 0.472. The molecule has 0 saturated carbocycles. The maximum atomic E-state index is 7.22. The zero-order valence-electron chi connectivity index (χ0n) is 32.6. The minimum atomic E-state index is -0.291. The first-order chi connectivity index (χ1) is 27.8. The average molecular weight is 735 g/mol. The molecule has 8 aromatic carbocycles. The summed E-state index contributed by atoms with van der Waals surface area (Å²) in [6, 6.07) is 66.2. The van der Waals surface area contributed by atoms with Gasteiger partial charge < -0.3 is 14.5 Å². The summed E-state index contributed by atoms with van der Waals surface area (Å²) in [4.78, 5) is 4.87. The summed E-state index contributed by atoms with van der Waals surface area (Å²) in [5.41, 5.74) is 18.6. The van der Waals surface area contributed by atoms with E-state index in [4.69, 9.17) is 4.74 Å². The second-order valence-corrected chi connectivity index (χ2v) is 16.6. The molecule has 0 saturated heterocycles. The second kappa shape index (κ2) is 12.3. The first-order valence-electron chi connectivity index (χ1n) is 19.9. The Labute approximate surface area is 335 Å². The van der Waals surface area contributed by atoms with Crippen LogP contribution in [0.3, 0.4) is 0 Å². The molecule has 0 spiro atoms. The van der Waals surface area contributed by atoms with Crippen molar-refractivity contribution in [2.75, 3.05) is 9.80 Å². The largest absolute Gasteiger partial charge is 0.451 e. The van der Waals surface area contributed by atoms with E-state index in [0.717, 1.165) is 45.5 Å². The van der Waals surface area contributed by atoms with Crippen molar-refractivity contribution >= 4 is 34.1 Å². The zero-order chi connectivity index (χ0) is 38.5. The highest BCUT2D eigenvalue weighted by molar-refractivity contribution is 5.99. The first kappa shape index (κ1) is 33.5. The molecule has 0 radical (unpaired) electrons. The summed E-state index contributed by atoms with van der Waals surface area (Å²) in [7, 11) is 0. The molecular formula is C54H42N2O. The van der Waals surface area contributed by atoms with Gasteiger partial charge in [0.2, 0.25) is 0 Å². The van der Waals surface area contributed by atoms with Gasteiger partial charge in [0.05, 0.1) is 22.7 Å². The van der Waals surface area contributed by atoms with Crippen LogP contribution < -0.4 is 14.5 Å². The summed E-state index contributed by atoms with van der Waals surface area (Å²) in [5, 5.41) is 0. The van der Waals surface area contributed by atoms with Gasteiger partial charge in [-0.2, -0.15) is 0 Å². The van der Waals surface area contributed by atoms with Gasteiger partial charge in [0, 0.05) is 22.2 Å². The van der Waals surface area contributed by atoms with Crippen LogP contribution in [-0.4, -0.2) is 0 Å². The van der Waals surface area contributed by atoms with Gasteiger partial charge in [0.15, 0.2) is 11.5 Å². The molecule has 0 amide bonds. The number of hydrogen-bond acceptors (Lipinski definition) is 3. The number of rotatable bonds is 5. The predicted octanol–water partition coefficient (Wildman–Crippen LogP) is 15.0. The molecule has 2 aliphatic heterocycles. The van der Waals surface area contributed by atoms with Crippen LogP contribution in [0.5, 0.6) is 11.5 Å². The number of anilines is 6. The van der Waals surface area contributed by atoms with Crippen LogP contribution in [0.15, 0.2) is 182 Å². The molecule has 1 aliphatic carbocycles. The normalized spacial score (nSPS) is 14.7. The van der Waals surface area contributed by atoms with Crippen LogP contribution in [0.25, 0.3) is 33.4 Å². The van der Waals surface area contributed by atoms with Gasteiger partial charge in [0.1, 0.15) is 0 Å². The number of fused-ring (bicyclic) bond motifs is 7. The third-order valence-electron chi connectivity index (χ3n) is 12.6. The number of para-hydroxylation sites is 2. The van der Waals surface area contributed by atoms with E-state index in [1.165, 1.54) is 55.8 Å². The second-order valence-electron chi connectivity index (χ2n) is 16.6. The van der Waals surface area contributed by atoms with E-state index in [1.54, 1.807) is 0 Å². The molecule has 57 heavy (non-hydrogen) atoms. The van der Waals surface area contributed by atoms with Gasteiger partial charge in [0.25, 0.3) is 0 Å². The Bertz CT molecular complexity index is 2890. The van der Waals surface area contributed by atoms with Gasteiger partial charge in [-0.15, -0.1) is 0 Å². The molecule has 8 aromatic rings. The predicted molar refractivity (Wildman–Crippen MR) is 236 cm³/mol. The van der Waals surface area contributed by atoms with Crippen LogP contribution in [0, 0.1) is 0 Å². The average Bonchev–Trinajstić information content (AvgIpc) is 3.48. The van der Waals surface area contributed by atoms with Crippen molar-refractivity contribution in [2.45, 2.75) is 38.5 Å². The topological polar surface area (TPSA) is 15.7 Å². The van der Waals surface area contributed by atoms with Crippen molar-refractivity contribution in [3.8, 4) is 44.9 Å². The van der Waals surface area contributed by atoms with Gasteiger partial charge in [-0.3, -0.25) is 0 Å². The molecule has 3 nitrogen and oxygen atoms in total. The molecule has 3 heteroatoms. The molecule has 0 bridgehead atoms. The lowest BCUT2D eigenvalue weighted by atomic mass is 9.72. The highest BCUT2D eigenvalue weighted by Crippen LogP contribution is 2.63. The Morgan fingerprint density at radius 1 is 0.421 bits per heavy atom. The molecular weight excluding hydrogens is 693 g/mol. The molecule has 274 valence electrons. The summed E-state index contributed by atoms with van der Waals surface area (Å²) in [5.74, 6) is 1.69. The lowest BCUT2D eigenvalue weighted by Crippen LogP contribution is -2.33. The number of hydrogen-bond donors (Lipinski definition) is 0. The fraction of sp³-hybridized carbons (Fsp3) is 0.111. The minimum absolute atomic E-state index is 0.153. The minimum Gasteiger partial charge on any atom is -0.451 e. The van der Waals surface area contributed by atoms with Gasteiger partial charge in [-0.25, -0.2) is 0 Å². The van der Waals surface area contributed by atoms with Gasteiger partial charge in [-0.1, -0.05) is 161 Å². The zero-order valence-corrected chi connectivity index (χ0v) is 32.6. The van der Waals surface area contributed by atoms with Crippen molar-refractivity contribution in [3.05, 3.63) is 204 Å². The summed E-state index contributed by atoms with van der Waals surface area (Å²) >= 11 is 0. The van der Waals surface area contributed by atoms with Crippen molar-refractivity contribution in [1.82, 2.24) is 0 Å². The molecule has 0 atom stereocenters. The Morgan fingerprint density at radius 2 is 1.04 bits per heavy atom. The number of ether oxygens (including phenoxy) is 1. The van der Waals surface area contributed by atoms with Gasteiger partial charge in [-0.05, 0) is 104 Å². The van der Waals surface area contributed by atoms with E-state index in [1.807, 2.05) is 0 Å². The van der Waals surface area contributed by atoms with Crippen molar-refractivity contribution < 1.29 is 4.74 Å². The fourth-order valence-corrected chi connectivity index (χ4v) is 9.69. The highest BCUT2D eigenvalue weighted by Gasteiger charge is 2.44. The Morgan fingerprint density at radius 3 is 1.82 bits per heavy atom. The molecule has 3 aliphatic rings. The summed E-state index contributed by atoms with van der Waals surface area (Å²) < 4.78 is 7.22. The monoisotopic (exact) mass is 734 g/mol. The Kier molecular flexibility index (Phi) is 7.25. The van der Waals surface area contributed by atoms with E-state index in [0.29, 0.717) is 0 Å². The van der Waals surface area contributed by atoms with E-state index in [-0.39, 0.29) is 10.8 Å². The van der Waals surface area contributed by atoms with E-state index in [2.05, 4.69) is 219 Å². The standard InChI is InChI=1S/C54H42N2O/c1-53(2)43-23-12-11-22-41(43)42-28-27-40(34-46(42)53)55(39-21-15-20-37(32-39)35-16-7-5-8-17-35)48-31-30-45-51-52(48)57-50-25-14-13-24-47(50)56(51)49-33-38(36-18-9-6-10-19-36)26-29-44(49)54(45,3)4/h5-34H,1-4H3. The molecule has 2 heterocycles. The van der Waals surface area contributed by atoms with E-state index in [9.17, 15) is 0 Å². The third-order valence-corrected chi connectivity index (χ3v) is 12.6. The Balaban J connectivity index is 1.17. The number of nitrogens with zero attached hydrogens (tertiary/aromatic N) is 2. The highest BCUT2D eigenvalue weighted by atomic mass is 16.5. The molecule has 0 fully saturated rings. The summed E-state index contributed by atoms with van der Waals surface area (Å²) in [6.07, 6.45) is 0. The van der Waals surface area contributed by atoms with Crippen molar-refractivity contribution in [3.63, 3.8) is 0 Å². The van der Waals surface area contributed by atoms with Crippen LogP contribution in [-0.2, 0) is 10.8 Å². The van der Waals surface area contributed by atoms with Crippen LogP contribution in [0.2, 0.25) is 0 Å². The number of benzene rings is 8. The van der Waals surface area contributed by atoms with Crippen LogP contribution in [0.4, 0.5) is 34.1 Å². The van der Waals surface area contributed by atoms with Crippen molar-refractivity contribution in [1.29, 1.82) is 0 Å². The van der Waals surface area contributed by atoms with Crippen molar-refractivity contribution in [2.24, 2.45) is 0 Å². The lowest BCUT2D eigenvalue weighted by Gasteiger charge is -2.46. The molecule has 0 unspecified atom stereocenters. The Hall–Kier alpha value is -6.84. The van der Waals surface area contributed by atoms with Crippen LogP contribution >= 0.6 is 0 Å². The molecule has 0 aromatic heterocycles. The maximum absolute atomic E-state index is 7.22. The van der Waals surface area contributed by atoms with E-state index >= 15 is 0 Å². The smallest absolute Gasteiger partial charge is 0.175 e. The third kappa shape index (κ3) is 4.98. The first-order valence-corrected chi connectivity index (χ1v) is 19.9. The van der Waals surface area contributed by atoms with Crippen LogP contribution in [0.1, 0.15) is 49.9 Å². The molecule has 0 N–H and O–H groups in total. The fourth-order valence-electron chi connectivity index (χ4n) is 9.69. The maximum Gasteiger partial charge on any atom is 0.175 e. The SMILES string of the molecule is CC1(C)c2ccccc2-c2ccc(N(c3cccc(-c4ccccc4)c3)c3ccc4c5c3Oc3ccccc3N5c3cc(-c5ccccc5)ccc3C4(C)C)cc21. The van der Waals surface area contributed by atoms with E-state index < -0.39 is 0 Å². The molecule has 11 rings (SSSR count). The quantitative estimate of drug-likeness (QED) is 0.175.